The summed E-state index contributed by atoms with van der Waals surface area (Å²) >= 11 is 6.46. The highest BCUT2D eigenvalue weighted by molar-refractivity contribution is 6.35. The molecule has 202 valence electrons. The SMILES string of the molecule is O=C(NCC(c1cnc(C(F)(F)F)nc1)N1CCCCC1)c1c(Cl)ccc2nc(NC3CCCO3)ccc12. The first kappa shape index (κ1) is 26.6. The number of benzene rings is 1. The maximum absolute atomic E-state index is 13.4. The summed E-state index contributed by atoms with van der Waals surface area (Å²) in [7, 11) is 0. The van der Waals surface area contributed by atoms with E-state index in [4.69, 9.17) is 16.3 Å². The van der Waals surface area contributed by atoms with Gasteiger partial charge in [-0.2, -0.15) is 13.2 Å². The molecule has 1 aromatic carbocycles. The summed E-state index contributed by atoms with van der Waals surface area (Å²) in [6, 6.07) is 6.59. The molecule has 0 saturated carbocycles. The molecular weight excluding hydrogens is 521 g/mol. The molecule has 0 bridgehead atoms. The smallest absolute Gasteiger partial charge is 0.359 e. The van der Waals surface area contributed by atoms with Crippen LogP contribution in [0.1, 0.15) is 59.9 Å². The number of anilines is 1. The van der Waals surface area contributed by atoms with Crippen LogP contribution in [-0.2, 0) is 10.9 Å². The third-order valence-electron chi connectivity index (χ3n) is 6.88. The molecule has 38 heavy (non-hydrogen) atoms. The summed E-state index contributed by atoms with van der Waals surface area (Å²) in [5.74, 6) is -0.936. The minimum absolute atomic E-state index is 0.0871. The number of halogens is 4. The average Bonchev–Trinajstić information content (AvgIpc) is 3.42. The van der Waals surface area contributed by atoms with Crippen LogP contribution in [0.3, 0.4) is 0 Å². The molecule has 2 saturated heterocycles. The first-order chi connectivity index (χ1) is 18.3. The van der Waals surface area contributed by atoms with Crippen molar-refractivity contribution < 1.29 is 22.7 Å². The minimum atomic E-state index is -4.62. The number of hydrogen-bond donors (Lipinski definition) is 2. The number of hydrogen-bond acceptors (Lipinski definition) is 7. The summed E-state index contributed by atoms with van der Waals surface area (Å²) in [6.07, 6.45) is 2.59. The number of likely N-dealkylation sites (tertiary alicyclic amines) is 1. The third-order valence-corrected chi connectivity index (χ3v) is 7.20. The van der Waals surface area contributed by atoms with Gasteiger partial charge in [-0.05, 0) is 63.0 Å². The highest BCUT2D eigenvalue weighted by Gasteiger charge is 2.35. The number of piperidine rings is 1. The second-order valence-corrected chi connectivity index (χ2v) is 9.90. The number of aromatic nitrogens is 3. The molecule has 3 aromatic rings. The van der Waals surface area contributed by atoms with Gasteiger partial charge in [0, 0.05) is 36.5 Å². The number of nitrogens with zero attached hydrogens (tertiary/aromatic N) is 4. The number of pyridine rings is 1. The van der Waals surface area contributed by atoms with Crippen LogP contribution in [0, 0.1) is 0 Å². The van der Waals surface area contributed by atoms with E-state index < -0.39 is 17.9 Å². The Kier molecular flexibility index (Phi) is 7.96. The van der Waals surface area contributed by atoms with Crippen LogP contribution >= 0.6 is 11.6 Å². The Labute approximate surface area is 222 Å². The van der Waals surface area contributed by atoms with Crippen LogP contribution in [0.5, 0.6) is 0 Å². The van der Waals surface area contributed by atoms with E-state index in [2.05, 4.69) is 30.5 Å². The lowest BCUT2D eigenvalue weighted by Crippen LogP contribution is -2.41. The first-order valence-corrected chi connectivity index (χ1v) is 13.1. The van der Waals surface area contributed by atoms with Gasteiger partial charge < -0.3 is 15.4 Å². The van der Waals surface area contributed by atoms with E-state index in [1.54, 1.807) is 24.3 Å². The molecule has 1 amide bonds. The molecule has 2 aromatic heterocycles. The number of fused-ring (bicyclic) bond motifs is 1. The Bertz CT molecular complexity index is 1280. The van der Waals surface area contributed by atoms with E-state index in [-0.39, 0.29) is 23.8 Å². The number of carbonyl (C=O) groups is 1. The molecule has 2 fully saturated rings. The van der Waals surface area contributed by atoms with Crippen molar-refractivity contribution in [3.05, 3.63) is 58.6 Å². The van der Waals surface area contributed by atoms with E-state index in [9.17, 15) is 18.0 Å². The van der Waals surface area contributed by atoms with Gasteiger partial charge >= 0.3 is 6.18 Å². The lowest BCUT2D eigenvalue weighted by molar-refractivity contribution is -0.145. The number of amides is 1. The van der Waals surface area contributed by atoms with Gasteiger partial charge in [-0.1, -0.05) is 18.0 Å². The van der Waals surface area contributed by atoms with Crippen molar-refractivity contribution in [3.8, 4) is 0 Å². The van der Waals surface area contributed by atoms with Crippen LogP contribution in [0.2, 0.25) is 5.02 Å². The van der Waals surface area contributed by atoms with Crippen molar-refractivity contribution in [1.82, 2.24) is 25.2 Å². The first-order valence-electron chi connectivity index (χ1n) is 12.7. The van der Waals surface area contributed by atoms with Crippen LogP contribution in [-0.4, -0.2) is 58.2 Å². The Morgan fingerprint density at radius 1 is 1.11 bits per heavy atom. The Morgan fingerprint density at radius 2 is 1.87 bits per heavy atom. The van der Waals surface area contributed by atoms with E-state index in [1.807, 2.05) is 0 Å². The van der Waals surface area contributed by atoms with Crippen LogP contribution < -0.4 is 10.6 Å². The van der Waals surface area contributed by atoms with Crippen LogP contribution in [0.4, 0.5) is 19.0 Å². The van der Waals surface area contributed by atoms with Crippen molar-refractivity contribution in [2.24, 2.45) is 0 Å². The summed E-state index contributed by atoms with van der Waals surface area (Å²) in [4.78, 5) is 27.2. The number of alkyl halides is 3. The quantitative estimate of drug-likeness (QED) is 0.419. The lowest BCUT2D eigenvalue weighted by Gasteiger charge is -2.34. The van der Waals surface area contributed by atoms with Crippen molar-refractivity contribution in [1.29, 1.82) is 0 Å². The lowest BCUT2D eigenvalue weighted by atomic mass is 10.0. The molecule has 0 radical (unpaired) electrons. The summed E-state index contributed by atoms with van der Waals surface area (Å²) in [6.45, 7) is 2.40. The standard InChI is InChI=1S/C26H28ClF3N6O2/c27-18-7-8-19-17(6-9-21(34-19)35-22-5-4-12-38-22)23(18)24(37)31-15-20(36-10-2-1-3-11-36)16-13-32-25(33-14-16)26(28,29)30/h6-9,13-14,20,22H,1-5,10-12,15H2,(H,31,37)(H,34,35). The van der Waals surface area contributed by atoms with Gasteiger partial charge in [0.1, 0.15) is 12.0 Å². The van der Waals surface area contributed by atoms with Gasteiger partial charge in [-0.15, -0.1) is 0 Å². The highest BCUT2D eigenvalue weighted by Crippen LogP contribution is 2.30. The monoisotopic (exact) mass is 548 g/mol. The molecular formula is C26H28ClF3N6O2. The zero-order valence-electron chi connectivity index (χ0n) is 20.6. The normalized spacial score (nSPS) is 19.4. The Morgan fingerprint density at radius 3 is 2.55 bits per heavy atom. The summed E-state index contributed by atoms with van der Waals surface area (Å²) in [5, 5.41) is 7.07. The maximum Gasteiger partial charge on any atom is 0.451 e. The van der Waals surface area contributed by atoms with Gasteiger partial charge in [-0.3, -0.25) is 9.69 Å². The Balaban J connectivity index is 1.36. The number of ether oxygens (including phenoxy) is 1. The number of carbonyl (C=O) groups excluding carboxylic acids is 1. The predicted molar refractivity (Wildman–Crippen MR) is 137 cm³/mol. The number of nitrogens with one attached hydrogen (secondary N) is 2. The van der Waals surface area contributed by atoms with Gasteiger partial charge in [-0.25, -0.2) is 15.0 Å². The third kappa shape index (κ3) is 6.00. The molecule has 4 heterocycles. The maximum atomic E-state index is 13.4. The van der Waals surface area contributed by atoms with Gasteiger partial charge in [0.15, 0.2) is 0 Å². The molecule has 0 spiro atoms. The minimum Gasteiger partial charge on any atom is -0.359 e. The van der Waals surface area contributed by atoms with Crippen molar-refractivity contribution in [2.45, 2.75) is 50.6 Å². The highest BCUT2D eigenvalue weighted by atomic mass is 35.5. The molecule has 2 atom stereocenters. The van der Waals surface area contributed by atoms with Crippen molar-refractivity contribution in [2.75, 3.05) is 31.6 Å². The fraction of sp³-hybridized carbons (Fsp3) is 0.462. The fourth-order valence-corrected chi connectivity index (χ4v) is 5.22. The second-order valence-electron chi connectivity index (χ2n) is 9.49. The summed E-state index contributed by atoms with van der Waals surface area (Å²) < 4.78 is 44.6. The van der Waals surface area contributed by atoms with Gasteiger partial charge in [0.2, 0.25) is 5.82 Å². The van der Waals surface area contributed by atoms with E-state index in [0.717, 1.165) is 45.2 Å². The topological polar surface area (TPSA) is 92.3 Å². The average molecular weight is 549 g/mol. The van der Waals surface area contributed by atoms with Gasteiger partial charge in [0.05, 0.1) is 22.1 Å². The zero-order valence-corrected chi connectivity index (χ0v) is 21.4. The molecule has 12 heteroatoms. The van der Waals surface area contributed by atoms with Crippen molar-refractivity contribution >= 4 is 34.2 Å². The van der Waals surface area contributed by atoms with Gasteiger partial charge in [0.25, 0.3) is 5.91 Å². The predicted octanol–water partition coefficient (Wildman–Crippen LogP) is 5.20. The van der Waals surface area contributed by atoms with Crippen molar-refractivity contribution in [3.63, 3.8) is 0 Å². The zero-order chi connectivity index (χ0) is 26.7. The van der Waals surface area contributed by atoms with Crippen LogP contribution in [0.15, 0.2) is 36.7 Å². The van der Waals surface area contributed by atoms with Crippen LogP contribution in [0.25, 0.3) is 10.9 Å². The molecule has 2 aliphatic rings. The summed E-state index contributed by atoms with van der Waals surface area (Å²) in [5.41, 5.74) is 1.41. The largest absolute Gasteiger partial charge is 0.451 e. The molecule has 2 N–H and O–H groups in total. The molecule has 2 aliphatic heterocycles. The second kappa shape index (κ2) is 11.4. The molecule has 5 rings (SSSR count). The van der Waals surface area contributed by atoms with E-state index >= 15 is 0 Å². The Hall–Kier alpha value is -3.02. The van der Waals surface area contributed by atoms with E-state index in [1.165, 1.54) is 12.4 Å². The fourth-order valence-electron chi connectivity index (χ4n) is 4.97. The molecule has 0 aliphatic carbocycles. The number of rotatable bonds is 7. The molecule has 2 unspecified atom stereocenters. The molecule has 8 nitrogen and oxygen atoms in total. The van der Waals surface area contributed by atoms with E-state index in [0.29, 0.717) is 34.5 Å².